The summed E-state index contributed by atoms with van der Waals surface area (Å²) in [4.78, 5) is 11.9. The van der Waals surface area contributed by atoms with Crippen molar-refractivity contribution in [3.8, 4) is 0 Å². The molecule has 0 aliphatic rings. The van der Waals surface area contributed by atoms with E-state index in [4.69, 9.17) is 5.73 Å². The van der Waals surface area contributed by atoms with Gasteiger partial charge in [-0.1, -0.05) is 6.42 Å². The average molecular weight is 266 g/mol. The van der Waals surface area contributed by atoms with Crippen LogP contribution in [0, 0.1) is 6.92 Å². The quantitative estimate of drug-likeness (QED) is 0.589. The number of benzene rings is 1. The molecule has 0 aliphatic heterocycles. The van der Waals surface area contributed by atoms with Crippen LogP contribution in [0.5, 0.6) is 0 Å². The lowest BCUT2D eigenvalue weighted by molar-refractivity contribution is 0.0953. The van der Waals surface area contributed by atoms with Crippen LogP contribution in [-0.4, -0.2) is 24.5 Å². The molecule has 0 atom stereocenters. The van der Waals surface area contributed by atoms with Crippen LogP contribution in [0.2, 0.25) is 0 Å². The summed E-state index contributed by atoms with van der Waals surface area (Å²) in [6.45, 7) is 2.68. The van der Waals surface area contributed by atoms with Crippen LogP contribution in [0.15, 0.2) is 18.2 Å². The smallest absolute Gasteiger partial charge is 0.251 e. The van der Waals surface area contributed by atoms with Gasteiger partial charge in [0, 0.05) is 17.8 Å². The van der Waals surface area contributed by atoms with Gasteiger partial charge >= 0.3 is 0 Å². The van der Waals surface area contributed by atoms with Crippen LogP contribution in [0.1, 0.15) is 35.2 Å². The minimum atomic E-state index is -0.0322. The van der Waals surface area contributed by atoms with Gasteiger partial charge in [-0.2, -0.15) is 11.8 Å². The molecule has 0 radical (unpaired) electrons. The van der Waals surface area contributed by atoms with Gasteiger partial charge in [0.2, 0.25) is 0 Å². The van der Waals surface area contributed by atoms with E-state index in [9.17, 15) is 4.79 Å². The number of unbranched alkanes of at least 4 members (excludes halogenated alkanes) is 2. The number of nitrogens with one attached hydrogen (secondary N) is 1. The first-order valence-electron chi connectivity index (χ1n) is 6.28. The fourth-order valence-electron chi connectivity index (χ4n) is 1.80. The van der Waals surface area contributed by atoms with Gasteiger partial charge in [0.15, 0.2) is 0 Å². The number of nitrogens with two attached hydrogens (primary N) is 1. The van der Waals surface area contributed by atoms with E-state index in [-0.39, 0.29) is 5.91 Å². The lowest BCUT2D eigenvalue weighted by Crippen LogP contribution is -2.24. The largest absolute Gasteiger partial charge is 0.399 e. The summed E-state index contributed by atoms with van der Waals surface area (Å²) >= 11 is 1.86. The Kier molecular flexibility index (Phi) is 6.65. The molecule has 3 N–H and O–H groups in total. The number of carbonyl (C=O) groups is 1. The molecular formula is C14H22N2OS. The maximum atomic E-state index is 11.9. The second kappa shape index (κ2) is 8.03. The van der Waals surface area contributed by atoms with Crippen molar-refractivity contribution >= 4 is 23.4 Å². The molecule has 4 heteroatoms. The van der Waals surface area contributed by atoms with E-state index in [0.717, 1.165) is 24.9 Å². The molecule has 0 heterocycles. The van der Waals surface area contributed by atoms with E-state index in [1.165, 1.54) is 12.2 Å². The van der Waals surface area contributed by atoms with E-state index < -0.39 is 0 Å². The third kappa shape index (κ3) is 5.45. The number of aryl methyl sites for hydroxylation is 1. The van der Waals surface area contributed by atoms with Gasteiger partial charge in [-0.05, 0) is 55.5 Å². The van der Waals surface area contributed by atoms with Gasteiger partial charge in [-0.25, -0.2) is 0 Å². The van der Waals surface area contributed by atoms with Gasteiger partial charge in [0.25, 0.3) is 5.91 Å². The molecule has 1 amide bonds. The standard InChI is InChI=1S/C14H22N2OS/c1-11-8-12(10-13(15)9-11)14(17)16-6-4-3-5-7-18-2/h8-10H,3-7,15H2,1-2H3,(H,16,17). The number of thioether (sulfide) groups is 1. The first-order valence-corrected chi connectivity index (χ1v) is 7.67. The average Bonchev–Trinajstić information content (AvgIpc) is 2.32. The fourth-order valence-corrected chi connectivity index (χ4v) is 2.29. The highest BCUT2D eigenvalue weighted by atomic mass is 32.2. The van der Waals surface area contributed by atoms with Crippen molar-refractivity contribution in [1.82, 2.24) is 5.32 Å². The highest BCUT2D eigenvalue weighted by molar-refractivity contribution is 7.98. The molecule has 0 spiro atoms. The molecule has 1 aromatic carbocycles. The fraction of sp³-hybridized carbons (Fsp3) is 0.500. The molecule has 1 rings (SSSR count). The molecule has 100 valence electrons. The highest BCUT2D eigenvalue weighted by Gasteiger charge is 2.05. The number of anilines is 1. The molecule has 0 bridgehead atoms. The molecule has 0 aliphatic carbocycles. The van der Waals surface area contributed by atoms with Crippen LogP contribution in [0.4, 0.5) is 5.69 Å². The molecule has 0 saturated carbocycles. The van der Waals surface area contributed by atoms with E-state index in [2.05, 4.69) is 11.6 Å². The summed E-state index contributed by atoms with van der Waals surface area (Å²) in [6, 6.07) is 5.44. The lowest BCUT2D eigenvalue weighted by atomic mass is 10.1. The predicted octanol–water partition coefficient (Wildman–Crippen LogP) is 2.84. The Morgan fingerprint density at radius 3 is 2.72 bits per heavy atom. The maximum absolute atomic E-state index is 11.9. The molecule has 0 unspecified atom stereocenters. The van der Waals surface area contributed by atoms with Crippen molar-refractivity contribution in [3.63, 3.8) is 0 Å². The summed E-state index contributed by atoms with van der Waals surface area (Å²) in [5.74, 6) is 1.16. The zero-order valence-corrected chi connectivity index (χ0v) is 12.0. The van der Waals surface area contributed by atoms with E-state index in [1.54, 1.807) is 6.07 Å². The van der Waals surface area contributed by atoms with E-state index in [0.29, 0.717) is 11.3 Å². The first kappa shape index (κ1) is 14.9. The molecule has 1 aromatic rings. The Labute approximate surface area is 114 Å². The number of hydrogen-bond acceptors (Lipinski definition) is 3. The minimum absolute atomic E-state index is 0.0322. The lowest BCUT2D eigenvalue weighted by Gasteiger charge is -2.07. The summed E-state index contributed by atoms with van der Waals surface area (Å²) in [6.07, 6.45) is 5.53. The van der Waals surface area contributed by atoms with Gasteiger partial charge < -0.3 is 11.1 Å². The summed E-state index contributed by atoms with van der Waals surface area (Å²) in [5.41, 5.74) is 8.03. The van der Waals surface area contributed by atoms with Gasteiger partial charge in [0.05, 0.1) is 0 Å². The topological polar surface area (TPSA) is 55.1 Å². The Bertz CT molecular complexity index is 373. The summed E-state index contributed by atoms with van der Waals surface area (Å²) < 4.78 is 0. The molecular weight excluding hydrogens is 244 g/mol. The Morgan fingerprint density at radius 2 is 2.06 bits per heavy atom. The molecule has 18 heavy (non-hydrogen) atoms. The Balaban J connectivity index is 2.32. The Hall–Kier alpha value is -1.16. The summed E-state index contributed by atoms with van der Waals surface area (Å²) in [7, 11) is 0. The van der Waals surface area contributed by atoms with Crippen molar-refractivity contribution < 1.29 is 4.79 Å². The second-order valence-electron chi connectivity index (χ2n) is 4.44. The van der Waals surface area contributed by atoms with E-state index >= 15 is 0 Å². The maximum Gasteiger partial charge on any atom is 0.251 e. The zero-order valence-electron chi connectivity index (χ0n) is 11.2. The van der Waals surface area contributed by atoms with Crippen molar-refractivity contribution in [2.24, 2.45) is 0 Å². The normalized spacial score (nSPS) is 10.3. The monoisotopic (exact) mass is 266 g/mol. The molecule has 3 nitrogen and oxygen atoms in total. The van der Waals surface area contributed by atoms with Gasteiger partial charge in [0.1, 0.15) is 0 Å². The van der Waals surface area contributed by atoms with Crippen LogP contribution < -0.4 is 11.1 Å². The van der Waals surface area contributed by atoms with Gasteiger partial charge in [-0.15, -0.1) is 0 Å². The van der Waals surface area contributed by atoms with Crippen LogP contribution >= 0.6 is 11.8 Å². The number of carbonyl (C=O) groups excluding carboxylic acids is 1. The number of hydrogen-bond donors (Lipinski definition) is 2. The Morgan fingerprint density at radius 1 is 1.28 bits per heavy atom. The number of nitrogen functional groups attached to an aromatic ring is 1. The SMILES string of the molecule is CSCCCCCNC(=O)c1cc(C)cc(N)c1. The van der Waals surface area contributed by atoms with Crippen LogP contribution in [-0.2, 0) is 0 Å². The minimum Gasteiger partial charge on any atom is -0.399 e. The van der Waals surface area contributed by atoms with Crippen LogP contribution in [0.25, 0.3) is 0 Å². The molecule has 0 fully saturated rings. The predicted molar refractivity (Wildman–Crippen MR) is 80.2 cm³/mol. The molecule has 0 aromatic heterocycles. The van der Waals surface area contributed by atoms with E-state index in [1.807, 2.05) is 30.8 Å². The van der Waals surface area contributed by atoms with Crippen molar-refractivity contribution in [2.75, 3.05) is 24.3 Å². The van der Waals surface area contributed by atoms with Crippen LogP contribution in [0.3, 0.4) is 0 Å². The number of amides is 1. The number of rotatable bonds is 7. The van der Waals surface area contributed by atoms with Crippen molar-refractivity contribution in [1.29, 1.82) is 0 Å². The molecule has 0 saturated heterocycles. The summed E-state index contributed by atoms with van der Waals surface area (Å²) in [5, 5.41) is 2.93. The second-order valence-corrected chi connectivity index (χ2v) is 5.43. The third-order valence-electron chi connectivity index (χ3n) is 2.67. The van der Waals surface area contributed by atoms with Crippen molar-refractivity contribution in [2.45, 2.75) is 26.2 Å². The van der Waals surface area contributed by atoms with Crippen molar-refractivity contribution in [3.05, 3.63) is 29.3 Å². The first-order chi connectivity index (χ1) is 8.63. The highest BCUT2D eigenvalue weighted by Crippen LogP contribution is 2.11. The zero-order chi connectivity index (χ0) is 13.4. The third-order valence-corrected chi connectivity index (χ3v) is 3.37. The van der Waals surface area contributed by atoms with Gasteiger partial charge in [-0.3, -0.25) is 4.79 Å².